The molecule has 3 heterocycles. The van der Waals surface area contributed by atoms with Crippen LogP contribution in [0.25, 0.3) is 11.0 Å². The van der Waals surface area contributed by atoms with Gasteiger partial charge in [0.1, 0.15) is 5.82 Å². The Balaban J connectivity index is 1.80. The van der Waals surface area contributed by atoms with Gasteiger partial charge in [-0.2, -0.15) is 0 Å². The molecule has 0 saturated carbocycles. The fourth-order valence-electron chi connectivity index (χ4n) is 3.58. The first-order valence-electron chi connectivity index (χ1n) is 9.70. The Bertz CT molecular complexity index is 1080. The zero-order valence-electron chi connectivity index (χ0n) is 16.4. The minimum Gasteiger partial charge on any atom is -0.353 e. The van der Waals surface area contributed by atoms with Gasteiger partial charge in [-0.3, -0.25) is 4.79 Å². The first-order chi connectivity index (χ1) is 13.9. The lowest BCUT2D eigenvalue weighted by molar-refractivity contribution is 0.0698. The number of nitrogens with zero attached hydrogens (tertiary/aromatic N) is 3. The Kier molecular flexibility index (Phi) is 5.37. The molecule has 0 aliphatic carbocycles. The van der Waals surface area contributed by atoms with E-state index in [0.717, 1.165) is 31.6 Å². The summed E-state index contributed by atoms with van der Waals surface area (Å²) in [7, 11) is 0. The molecular weight excluding hydrogens is 391 g/mol. The van der Waals surface area contributed by atoms with E-state index in [2.05, 4.69) is 22.2 Å². The van der Waals surface area contributed by atoms with E-state index in [1.807, 2.05) is 24.0 Å². The van der Waals surface area contributed by atoms with Gasteiger partial charge in [0.05, 0.1) is 22.0 Å². The van der Waals surface area contributed by atoms with Crippen LogP contribution >= 0.6 is 11.6 Å². The number of hydrogen-bond acceptors (Lipinski definition) is 4. The molecule has 1 N–H and O–H groups in total. The number of aryl methyl sites for hydroxylation is 1. The highest BCUT2D eigenvalue weighted by molar-refractivity contribution is 6.33. The summed E-state index contributed by atoms with van der Waals surface area (Å²) in [5.41, 5.74) is 2.93. The number of fused-ring (bicyclic) bond motifs is 1. The molecule has 1 aromatic carbocycles. The molecule has 1 fully saturated rings. The Hall–Kier alpha value is -2.73. The number of rotatable bonds is 3. The van der Waals surface area contributed by atoms with Crippen molar-refractivity contribution in [1.82, 2.24) is 14.9 Å². The van der Waals surface area contributed by atoms with Crippen molar-refractivity contribution >= 4 is 39.9 Å². The van der Waals surface area contributed by atoms with Crippen LogP contribution in [-0.4, -0.2) is 33.9 Å². The van der Waals surface area contributed by atoms with E-state index in [0.29, 0.717) is 33.9 Å². The predicted octanol–water partition coefficient (Wildman–Crippen LogP) is 5.35. The average molecular weight is 413 g/mol. The van der Waals surface area contributed by atoms with E-state index >= 15 is 0 Å². The second kappa shape index (κ2) is 7.95. The maximum atomic E-state index is 13.5. The number of nitrogens with one attached hydrogen (secondary N) is 1. The number of anilines is 2. The van der Waals surface area contributed by atoms with Crippen molar-refractivity contribution in [2.45, 2.75) is 26.7 Å². The number of hydrogen-bond donors (Lipinski definition) is 1. The van der Waals surface area contributed by atoms with Crippen LogP contribution in [0.1, 0.15) is 35.8 Å². The van der Waals surface area contributed by atoms with Crippen molar-refractivity contribution in [3.63, 3.8) is 0 Å². The highest BCUT2D eigenvalue weighted by Crippen LogP contribution is 2.33. The van der Waals surface area contributed by atoms with Crippen molar-refractivity contribution in [3.05, 3.63) is 58.6 Å². The Morgan fingerprint density at radius 3 is 2.72 bits per heavy atom. The van der Waals surface area contributed by atoms with Crippen LogP contribution in [0, 0.1) is 18.7 Å². The van der Waals surface area contributed by atoms with E-state index < -0.39 is 5.82 Å². The molecule has 29 heavy (non-hydrogen) atoms. The molecule has 1 saturated heterocycles. The van der Waals surface area contributed by atoms with Gasteiger partial charge < -0.3 is 10.2 Å². The van der Waals surface area contributed by atoms with E-state index in [9.17, 15) is 9.18 Å². The second-order valence-electron chi connectivity index (χ2n) is 7.59. The SMILES string of the molecule is Cc1ccc2c(Nc3ccc(F)cc3Cl)c(C(=O)N3CCC(C)CC3)cnc2n1. The number of amides is 1. The molecule has 0 spiro atoms. The summed E-state index contributed by atoms with van der Waals surface area (Å²) in [6, 6.07) is 7.89. The van der Waals surface area contributed by atoms with E-state index in [1.54, 1.807) is 12.3 Å². The van der Waals surface area contributed by atoms with Gasteiger partial charge in [0.2, 0.25) is 0 Å². The van der Waals surface area contributed by atoms with Gasteiger partial charge in [-0.15, -0.1) is 0 Å². The highest BCUT2D eigenvalue weighted by Gasteiger charge is 2.25. The molecule has 2 aromatic heterocycles. The lowest BCUT2D eigenvalue weighted by Gasteiger charge is -2.31. The average Bonchev–Trinajstić information content (AvgIpc) is 2.70. The number of benzene rings is 1. The van der Waals surface area contributed by atoms with Gasteiger partial charge in [0, 0.05) is 30.4 Å². The molecular formula is C22H22ClFN4O. The smallest absolute Gasteiger partial charge is 0.257 e. The lowest BCUT2D eigenvalue weighted by Crippen LogP contribution is -2.38. The zero-order chi connectivity index (χ0) is 20.5. The van der Waals surface area contributed by atoms with E-state index in [-0.39, 0.29) is 10.9 Å². The highest BCUT2D eigenvalue weighted by atomic mass is 35.5. The summed E-state index contributed by atoms with van der Waals surface area (Å²) in [6.07, 6.45) is 3.54. The standard InChI is InChI=1S/C22H22ClFN4O/c1-13-7-9-28(10-8-13)22(29)17-12-25-21-16(5-3-14(2)26-21)20(17)27-19-6-4-15(24)11-18(19)23/h3-6,11-13H,7-10H2,1-2H3,(H,25,26,27). The molecule has 1 amide bonds. The number of piperidine rings is 1. The first-order valence-corrected chi connectivity index (χ1v) is 10.1. The topological polar surface area (TPSA) is 58.1 Å². The van der Waals surface area contributed by atoms with Gasteiger partial charge in [-0.1, -0.05) is 18.5 Å². The molecule has 1 aliphatic heterocycles. The first kappa shape index (κ1) is 19.6. The summed E-state index contributed by atoms with van der Waals surface area (Å²) in [6.45, 7) is 5.54. The van der Waals surface area contributed by atoms with Gasteiger partial charge in [-0.05, 0) is 56.0 Å². The second-order valence-corrected chi connectivity index (χ2v) is 8.00. The summed E-state index contributed by atoms with van der Waals surface area (Å²) in [5, 5.41) is 4.18. The van der Waals surface area contributed by atoms with Crippen molar-refractivity contribution in [3.8, 4) is 0 Å². The van der Waals surface area contributed by atoms with Crippen LogP contribution in [0.4, 0.5) is 15.8 Å². The third-order valence-electron chi connectivity index (χ3n) is 5.36. The molecule has 3 aromatic rings. The van der Waals surface area contributed by atoms with Crippen LogP contribution in [0.3, 0.4) is 0 Å². The van der Waals surface area contributed by atoms with Crippen molar-refractivity contribution in [2.75, 3.05) is 18.4 Å². The number of likely N-dealkylation sites (tertiary alicyclic amines) is 1. The Morgan fingerprint density at radius 2 is 2.00 bits per heavy atom. The van der Waals surface area contributed by atoms with E-state index in [1.165, 1.54) is 12.1 Å². The minimum atomic E-state index is -0.420. The predicted molar refractivity (Wildman–Crippen MR) is 113 cm³/mol. The molecule has 5 nitrogen and oxygen atoms in total. The fraction of sp³-hybridized carbons (Fsp3) is 0.318. The third-order valence-corrected chi connectivity index (χ3v) is 5.67. The monoisotopic (exact) mass is 412 g/mol. The molecule has 0 unspecified atom stereocenters. The molecule has 1 aliphatic rings. The van der Waals surface area contributed by atoms with Crippen LogP contribution in [0.2, 0.25) is 5.02 Å². The number of pyridine rings is 2. The number of carbonyl (C=O) groups excluding carboxylic acids is 1. The van der Waals surface area contributed by atoms with Gasteiger partial charge >= 0.3 is 0 Å². The summed E-state index contributed by atoms with van der Waals surface area (Å²) in [4.78, 5) is 24.1. The van der Waals surface area contributed by atoms with Crippen LogP contribution in [0.15, 0.2) is 36.5 Å². The Labute approximate surface area is 173 Å². The molecule has 0 bridgehead atoms. The maximum absolute atomic E-state index is 13.5. The van der Waals surface area contributed by atoms with Crippen molar-refractivity contribution in [2.24, 2.45) is 5.92 Å². The van der Waals surface area contributed by atoms with Crippen LogP contribution < -0.4 is 5.32 Å². The molecule has 0 atom stereocenters. The third kappa shape index (κ3) is 4.03. The summed E-state index contributed by atoms with van der Waals surface area (Å²) < 4.78 is 13.5. The van der Waals surface area contributed by atoms with Crippen LogP contribution in [-0.2, 0) is 0 Å². The largest absolute Gasteiger partial charge is 0.353 e. The molecule has 4 rings (SSSR count). The normalized spacial score (nSPS) is 15.0. The number of aromatic nitrogens is 2. The van der Waals surface area contributed by atoms with Gasteiger partial charge in [-0.25, -0.2) is 14.4 Å². The number of carbonyl (C=O) groups is 1. The van der Waals surface area contributed by atoms with Gasteiger partial charge in [0.15, 0.2) is 5.65 Å². The minimum absolute atomic E-state index is 0.0763. The fourth-order valence-corrected chi connectivity index (χ4v) is 3.79. The van der Waals surface area contributed by atoms with Crippen molar-refractivity contribution < 1.29 is 9.18 Å². The van der Waals surface area contributed by atoms with E-state index in [4.69, 9.17) is 11.6 Å². The zero-order valence-corrected chi connectivity index (χ0v) is 17.1. The molecule has 7 heteroatoms. The number of halogens is 2. The lowest BCUT2D eigenvalue weighted by atomic mass is 9.98. The molecule has 0 radical (unpaired) electrons. The van der Waals surface area contributed by atoms with Crippen molar-refractivity contribution in [1.29, 1.82) is 0 Å². The molecule has 150 valence electrons. The maximum Gasteiger partial charge on any atom is 0.257 e. The van der Waals surface area contributed by atoms with Gasteiger partial charge in [0.25, 0.3) is 5.91 Å². The van der Waals surface area contributed by atoms with Crippen LogP contribution in [0.5, 0.6) is 0 Å². The summed E-state index contributed by atoms with van der Waals surface area (Å²) in [5.74, 6) is 0.125. The Morgan fingerprint density at radius 1 is 1.24 bits per heavy atom. The summed E-state index contributed by atoms with van der Waals surface area (Å²) >= 11 is 6.22. The quantitative estimate of drug-likeness (QED) is 0.630.